The number of hydrogen-bond donors (Lipinski definition) is 4. The molecule has 0 heterocycles. The lowest BCUT2D eigenvalue weighted by molar-refractivity contribution is 0.0943. The van der Waals surface area contributed by atoms with E-state index in [1.165, 1.54) is 31.4 Å². The van der Waals surface area contributed by atoms with Gasteiger partial charge in [0.25, 0.3) is 5.91 Å². The number of ether oxygens (including phenoxy) is 1. The number of rotatable bonds is 9. The first-order valence-corrected chi connectivity index (χ1v) is 10.5. The van der Waals surface area contributed by atoms with Gasteiger partial charge in [-0.25, -0.2) is 13.1 Å². The van der Waals surface area contributed by atoms with Gasteiger partial charge in [0.2, 0.25) is 10.0 Å². The summed E-state index contributed by atoms with van der Waals surface area (Å²) in [7, 11) is -2.18. The number of hydrogen-bond acceptors (Lipinski definition) is 5. The maximum Gasteiger partial charge on any atom is 0.269 e. The Labute approximate surface area is 166 Å². The van der Waals surface area contributed by atoms with Gasteiger partial charge in [0.15, 0.2) is 5.11 Å². The van der Waals surface area contributed by atoms with Crippen LogP contribution in [0.3, 0.4) is 0 Å². The molecule has 1 aromatic carbocycles. The molecule has 0 unspecified atom stereocenters. The Morgan fingerprint density at radius 2 is 1.78 bits per heavy atom. The van der Waals surface area contributed by atoms with Crippen LogP contribution in [0.25, 0.3) is 0 Å². The zero-order valence-electron chi connectivity index (χ0n) is 16.0. The molecule has 0 saturated heterocycles. The lowest BCUT2D eigenvalue weighted by Gasteiger charge is -2.14. The third-order valence-corrected chi connectivity index (χ3v) is 5.35. The van der Waals surface area contributed by atoms with Crippen LogP contribution in [0, 0.1) is 5.92 Å². The van der Waals surface area contributed by atoms with Gasteiger partial charge in [-0.1, -0.05) is 13.8 Å². The molecule has 0 spiro atoms. The first-order chi connectivity index (χ1) is 12.7. The third kappa shape index (κ3) is 8.65. The molecule has 0 aromatic heterocycles. The highest BCUT2D eigenvalue weighted by Crippen LogP contribution is 2.11. The van der Waals surface area contributed by atoms with E-state index in [-0.39, 0.29) is 17.5 Å². The second kappa shape index (κ2) is 11.2. The third-order valence-electron chi connectivity index (χ3n) is 3.50. The summed E-state index contributed by atoms with van der Waals surface area (Å²) in [5.74, 6) is 0.129. The van der Waals surface area contributed by atoms with Gasteiger partial charge in [-0.15, -0.1) is 0 Å². The predicted octanol–water partition coefficient (Wildman–Crippen LogP) is 1.15. The number of hydrazine groups is 1. The van der Waals surface area contributed by atoms with Crippen molar-refractivity contribution in [3.05, 3.63) is 29.8 Å². The van der Waals surface area contributed by atoms with Crippen molar-refractivity contribution in [1.29, 1.82) is 0 Å². The summed E-state index contributed by atoms with van der Waals surface area (Å²) in [5, 5.41) is 3.31. The minimum absolute atomic E-state index is 0.0702. The van der Waals surface area contributed by atoms with E-state index < -0.39 is 15.9 Å². The fraction of sp³-hybridized carbons (Fsp3) is 0.529. The fourth-order valence-corrected chi connectivity index (χ4v) is 3.49. The van der Waals surface area contributed by atoms with Crippen molar-refractivity contribution in [2.75, 3.05) is 20.3 Å². The van der Waals surface area contributed by atoms with Crippen LogP contribution in [-0.4, -0.2) is 45.7 Å². The quantitative estimate of drug-likeness (QED) is 0.353. The monoisotopic (exact) mass is 416 g/mol. The summed E-state index contributed by atoms with van der Waals surface area (Å²) < 4.78 is 31.9. The summed E-state index contributed by atoms with van der Waals surface area (Å²) in [6.45, 7) is 6.89. The number of benzene rings is 1. The molecule has 0 aliphatic carbocycles. The molecule has 1 aromatic rings. The van der Waals surface area contributed by atoms with Gasteiger partial charge in [-0.05, 0) is 55.7 Å². The van der Waals surface area contributed by atoms with Crippen molar-refractivity contribution >= 4 is 33.3 Å². The number of carbonyl (C=O) groups is 1. The average Bonchev–Trinajstić information content (AvgIpc) is 2.59. The molecule has 1 atom stereocenters. The van der Waals surface area contributed by atoms with Crippen molar-refractivity contribution in [1.82, 2.24) is 20.9 Å². The van der Waals surface area contributed by atoms with Gasteiger partial charge in [0.1, 0.15) is 0 Å². The minimum atomic E-state index is -3.68. The van der Waals surface area contributed by atoms with E-state index in [4.69, 9.17) is 17.0 Å². The molecule has 4 N–H and O–H groups in total. The van der Waals surface area contributed by atoms with Gasteiger partial charge in [0, 0.05) is 25.3 Å². The Bertz CT molecular complexity index is 721. The van der Waals surface area contributed by atoms with Gasteiger partial charge in [-0.2, -0.15) is 0 Å². The summed E-state index contributed by atoms with van der Waals surface area (Å²) in [6, 6.07) is 5.24. The molecule has 0 bridgehead atoms. The lowest BCUT2D eigenvalue weighted by Crippen LogP contribution is -2.47. The number of nitrogens with one attached hydrogen (secondary N) is 4. The Kier molecular flexibility index (Phi) is 9.64. The zero-order valence-corrected chi connectivity index (χ0v) is 17.7. The van der Waals surface area contributed by atoms with Crippen molar-refractivity contribution in [2.24, 2.45) is 5.92 Å². The van der Waals surface area contributed by atoms with E-state index >= 15 is 0 Å². The molecule has 27 heavy (non-hydrogen) atoms. The van der Waals surface area contributed by atoms with Crippen LogP contribution in [0.4, 0.5) is 0 Å². The first kappa shape index (κ1) is 23.3. The Morgan fingerprint density at radius 3 is 2.33 bits per heavy atom. The number of methoxy groups -OCH3 is 1. The number of carbonyl (C=O) groups excluding carboxylic acids is 1. The number of sulfonamides is 1. The van der Waals surface area contributed by atoms with Crippen molar-refractivity contribution < 1.29 is 17.9 Å². The highest BCUT2D eigenvalue weighted by molar-refractivity contribution is 7.89. The minimum Gasteiger partial charge on any atom is -0.383 e. The molecule has 0 aliphatic rings. The molecule has 1 rings (SSSR count). The van der Waals surface area contributed by atoms with Crippen LogP contribution in [0.1, 0.15) is 37.6 Å². The molecule has 8 nitrogen and oxygen atoms in total. The zero-order chi connectivity index (χ0) is 20.4. The molecule has 0 saturated carbocycles. The van der Waals surface area contributed by atoms with Gasteiger partial charge >= 0.3 is 0 Å². The van der Waals surface area contributed by atoms with Crippen LogP contribution in [0.5, 0.6) is 0 Å². The molecular formula is C17H28N4O4S2. The molecule has 10 heteroatoms. The molecule has 0 radical (unpaired) electrons. The predicted molar refractivity (Wildman–Crippen MR) is 109 cm³/mol. The van der Waals surface area contributed by atoms with Crippen LogP contribution < -0.4 is 20.9 Å². The van der Waals surface area contributed by atoms with Crippen molar-refractivity contribution in [2.45, 2.75) is 38.1 Å². The van der Waals surface area contributed by atoms with Gasteiger partial charge < -0.3 is 10.1 Å². The second-order valence-electron chi connectivity index (χ2n) is 6.52. The SMILES string of the molecule is COC[C@@H](C)NS(=O)(=O)c1ccc(C(=O)NNC(=S)NCCC(C)C)cc1. The Balaban J connectivity index is 2.57. The second-order valence-corrected chi connectivity index (χ2v) is 8.64. The lowest BCUT2D eigenvalue weighted by atomic mass is 10.1. The van der Waals surface area contributed by atoms with E-state index in [1.54, 1.807) is 6.92 Å². The number of amides is 1. The van der Waals surface area contributed by atoms with Crippen LogP contribution in [0.15, 0.2) is 29.2 Å². The first-order valence-electron chi connectivity index (χ1n) is 8.61. The average molecular weight is 417 g/mol. The molecule has 152 valence electrons. The summed E-state index contributed by atoms with van der Waals surface area (Å²) in [5.41, 5.74) is 5.39. The van der Waals surface area contributed by atoms with E-state index in [1.807, 2.05) is 0 Å². The Hall–Kier alpha value is -1.75. The topological polar surface area (TPSA) is 109 Å². The van der Waals surface area contributed by atoms with Crippen LogP contribution in [0.2, 0.25) is 0 Å². The fourth-order valence-electron chi connectivity index (χ4n) is 2.11. The van der Waals surface area contributed by atoms with Gasteiger partial charge in [-0.3, -0.25) is 15.6 Å². The summed E-state index contributed by atoms with van der Waals surface area (Å²) in [6.07, 6.45) is 0.961. The molecule has 0 aliphatic heterocycles. The van der Waals surface area contributed by atoms with Crippen molar-refractivity contribution in [3.63, 3.8) is 0 Å². The van der Waals surface area contributed by atoms with Crippen LogP contribution in [-0.2, 0) is 14.8 Å². The largest absolute Gasteiger partial charge is 0.383 e. The highest BCUT2D eigenvalue weighted by Gasteiger charge is 2.18. The van der Waals surface area contributed by atoms with Crippen molar-refractivity contribution in [3.8, 4) is 0 Å². The summed E-state index contributed by atoms with van der Waals surface area (Å²) >= 11 is 5.07. The van der Waals surface area contributed by atoms with E-state index in [9.17, 15) is 13.2 Å². The molecular weight excluding hydrogens is 388 g/mol. The van der Waals surface area contributed by atoms with E-state index in [0.29, 0.717) is 23.1 Å². The maximum atomic E-state index is 12.3. The number of thiocarbonyl (C=S) groups is 1. The summed E-state index contributed by atoms with van der Waals surface area (Å²) in [4.78, 5) is 12.2. The van der Waals surface area contributed by atoms with Gasteiger partial charge in [0.05, 0.1) is 11.5 Å². The maximum absolute atomic E-state index is 12.3. The smallest absolute Gasteiger partial charge is 0.269 e. The molecule has 0 fully saturated rings. The Morgan fingerprint density at radius 1 is 1.15 bits per heavy atom. The van der Waals surface area contributed by atoms with Crippen LogP contribution >= 0.6 is 12.2 Å². The molecule has 1 amide bonds. The standard InChI is InChI=1S/C17H28N4O4S2/c1-12(2)9-10-18-17(26)20-19-16(22)14-5-7-15(8-6-14)27(23,24)21-13(3)11-25-4/h5-8,12-13,21H,9-11H2,1-4H3,(H,19,22)(H2,18,20,26)/t13-/m1/s1. The van der Waals surface area contributed by atoms with E-state index in [2.05, 4.69) is 34.7 Å². The highest BCUT2D eigenvalue weighted by atomic mass is 32.2. The van der Waals surface area contributed by atoms with E-state index in [0.717, 1.165) is 6.42 Å². The normalized spacial score (nSPS) is 12.5.